The predicted molar refractivity (Wildman–Crippen MR) is 111 cm³/mol. The summed E-state index contributed by atoms with van der Waals surface area (Å²) in [7, 11) is 0. The number of piperidine rings is 1. The van der Waals surface area contributed by atoms with Gasteiger partial charge in [-0.2, -0.15) is 0 Å². The molecular formula is C21H34N4O5. The van der Waals surface area contributed by atoms with Crippen LogP contribution in [0.1, 0.15) is 74.6 Å². The average Bonchev–Trinajstić information content (AvgIpc) is 2.96. The van der Waals surface area contributed by atoms with Crippen LogP contribution in [0.3, 0.4) is 0 Å². The van der Waals surface area contributed by atoms with Crippen LogP contribution in [0.15, 0.2) is 18.2 Å². The van der Waals surface area contributed by atoms with E-state index in [1.165, 1.54) is 4.90 Å². The Bertz CT molecular complexity index is 719. The molecule has 3 rings (SSSR count). The monoisotopic (exact) mass is 422 g/mol. The molecule has 7 N–H and O–H groups in total. The van der Waals surface area contributed by atoms with Crippen LogP contribution < -0.4 is 16.0 Å². The minimum absolute atomic E-state index is 0.232. The minimum atomic E-state index is -1.08. The van der Waals surface area contributed by atoms with Gasteiger partial charge in [-0.1, -0.05) is 38.3 Å². The van der Waals surface area contributed by atoms with Gasteiger partial charge in [-0.15, -0.1) is 0 Å². The van der Waals surface area contributed by atoms with Crippen LogP contribution in [0.4, 0.5) is 4.79 Å². The van der Waals surface area contributed by atoms with E-state index in [0.717, 1.165) is 31.2 Å². The van der Waals surface area contributed by atoms with Crippen molar-refractivity contribution >= 4 is 6.03 Å². The molecule has 1 aromatic rings. The van der Waals surface area contributed by atoms with Crippen molar-refractivity contribution in [1.82, 2.24) is 20.9 Å². The molecule has 0 bridgehead atoms. The van der Waals surface area contributed by atoms with Crippen LogP contribution in [0.2, 0.25) is 0 Å². The van der Waals surface area contributed by atoms with E-state index in [1.54, 1.807) is 18.2 Å². The molecule has 2 aliphatic heterocycles. The van der Waals surface area contributed by atoms with Gasteiger partial charge in [0.2, 0.25) is 0 Å². The standard InChI is InChI=1S/C21H34N4O5/c1-2-3-4-5-10-22-21(30)23-12-13-6-7-14-15(11-13)20(29)25(19(14)28)16-8-9-17(26)24-18(16)27/h6-7,11,16-20,24,26-29H,2-5,8-10,12H2,1H3,(H2,22,23,30). The Balaban J connectivity index is 1.56. The molecule has 9 nitrogen and oxygen atoms in total. The molecule has 168 valence electrons. The van der Waals surface area contributed by atoms with Gasteiger partial charge >= 0.3 is 6.03 Å². The molecule has 0 aromatic heterocycles. The van der Waals surface area contributed by atoms with Gasteiger partial charge in [-0.3, -0.25) is 5.32 Å². The number of hydrogen-bond donors (Lipinski definition) is 7. The van der Waals surface area contributed by atoms with Gasteiger partial charge in [0.25, 0.3) is 0 Å². The molecule has 1 aromatic carbocycles. The van der Waals surface area contributed by atoms with Crippen LogP contribution >= 0.6 is 0 Å². The summed E-state index contributed by atoms with van der Waals surface area (Å²) in [5, 5.41) is 49.7. The molecule has 0 saturated carbocycles. The molecule has 9 heteroatoms. The first-order valence-electron chi connectivity index (χ1n) is 10.8. The van der Waals surface area contributed by atoms with E-state index in [4.69, 9.17) is 0 Å². The van der Waals surface area contributed by atoms with Crippen molar-refractivity contribution in [3.63, 3.8) is 0 Å². The third-order valence-electron chi connectivity index (χ3n) is 5.89. The fourth-order valence-electron chi connectivity index (χ4n) is 4.20. The van der Waals surface area contributed by atoms with Gasteiger partial charge < -0.3 is 31.1 Å². The van der Waals surface area contributed by atoms with Crippen LogP contribution in [-0.4, -0.2) is 56.4 Å². The molecule has 0 aliphatic carbocycles. The molecule has 0 spiro atoms. The van der Waals surface area contributed by atoms with Crippen molar-refractivity contribution in [2.24, 2.45) is 0 Å². The van der Waals surface area contributed by atoms with Crippen LogP contribution in [0.25, 0.3) is 0 Å². The Morgan fingerprint density at radius 2 is 1.83 bits per heavy atom. The molecular weight excluding hydrogens is 388 g/mol. The summed E-state index contributed by atoms with van der Waals surface area (Å²) < 4.78 is 0. The zero-order valence-electron chi connectivity index (χ0n) is 17.4. The number of nitrogens with zero attached hydrogens (tertiary/aromatic N) is 1. The average molecular weight is 423 g/mol. The molecule has 1 saturated heterocycles. The topological polar surface area (TPSA) is 137 Å². The highest BCUT2D eigenvalue weighted by Crippen LogP contribution is 2.42. The second-order valence-electron chi connectivity index (χ2n) is 8.10. The van der Waals surface area contributed by atoms with E-state index in [1.807, 2.05) is 0 Å². The number of carbonyl (C=O) groups excluding carboxylic acids is 1. The molecule has 0 radical (unpaired) electrons. The summed E-state index contributed by atoms with van der Waals surface area (Å²) in [6.45, 7) is 3.09. The normalized spacial score (nSPS) is 28.9. The Morgan fingerprint density at radius 1 is 1.07 bits per heavy atom. The lowest BCUT2D eigenvalue weighted by atomic mass is 10.0. The summed E-state index contributed by atoms with van der Waals surface area (Å²) in [5.74, 6) is 0. The Hall–Kier alpha value is -1.75. The molecule has 2 amide bonds. The van der Waals surface area contributed by atoms with Crippen LogP contribution in [-0.2, 0) is 6.54 Å². The molecule has 30 heavy (non-hydrogen) atoms. The van der Waals surface area contributed by atoms with E-state index >= 15 is 0 Å². The summed E-state index contributed by atoms with van der Waals surface area (Å²) >= 11 is 0. The number of nitrogens with one attached hydrogen (secondary N) is 3. The van der Waals surface area contributed by atoms with Crippen molar-refractivity contribution in [3.05, 3.63) is 34.9 Å². The fourth-order valence-corrected chi connectivity index (χ4v) is 4.20. The highest BCUT2D eigenvalue weighted by molar-refractivity contribution is 5.73. The predicted octanol–water partition coefficient (Wildman–Crippen LogP) is 0.752. The first-order chi connectivity index (χ1) is 14.4. The molecule has 5 unspecified atom stereocenters. The van der Waals surface area contributed by atoms with Crippen molar-refractivity contribution in [3.8, 4) is 0 Å². The zero-order chi connectivity index (χ0) is 21.7. The van der Waals surface area contributed by atoms with Gasteiger partial charge in [0.05, 0.1) is 6.04 Å². The summed E-state index contributed by atoms with van der Waals surface area (Å²) in [4.78, 5) is 13.4. The number of benzene rings is 1. The smallest absolute Gasteiger partial charge is 0.315 e. The lowest BCUT2D eigenvalue weighted by molar-refractivity contribution is -0.159. The second-order valence-corrected chi connectivity index (χ2v) is 8.10. The number of aliphatic hydroxyl groups is 4. The maximum atomic E-state index is 11.9. The van der Waals surface area contributed by atoms with Crippen molar-refractivity contribution < 1.29 is 25.2 Å². The number of amides is 2. The highest BCUT2D eigenvalue weighted by atomic mass is 16.3. The van der Waals surface area contributed by atoms with Crippen molar-refractivity contribution in [1.29, 1.82) is 0 Å². The molecule has 1 fully saturated rings. The second kappa shape index (κ2) is 10.5. The third kappa shape index (κ3) is 5.29. The molecule has 2 heterocycles. The Morgan fingerprint density at radius 3 is 2.57 bits per heavy atom. The lowest BCUT2D eigenvalue weighted by Crippen LogP contribution is -2.57. The van der Waals surface area contributed by atoms with E-state index in [0.29, 0.717) is 37.1 Å². The van der Waals surface area contributed by atoms with Crippen LogP contribution in [0.5, 0.6) is 0 Å². The van der Waals surface area contributed by atoms with Crippen molar-refractivity contribution in [2.45, 2.75) is 82.9 Å². The number of aliphatic hydroxyl groups excluding tert-OH is 4. The maximum absolute atomic E-state index is 11.9. The summed E-state index contributed by atoms with van der Waals surface area (Å²) in [6.07, 6.45) is 1.22. The van der Waals surface area contributed by atoms with E-state index < -0.39 is 31.0 Å². The largest absolute Gasteiger partial charge is 0.379 e. The number of urea groups is 1. The summed E-state index contributed by atoms with van der Waals surface area (Å²) in [6, 6.07) is 4.54. The summed E-state index contributed by atoms with van der Waals surface area (Å²) in [5.41, 5.74) is 1.94. The number of unbranched alkanes of at least 4 members (excludes halogenated alkanes) is 3. The number of carbonyl (C=O) groups is 1. The van der Waals surface area contributed by atoms with Crippen molar-refractivity contribution in [2.75, 3.05) is 6.54 Å². The minimum Gasteiger partial charge on any atom is -0.379 e. The lowest BCUT2D eigenvalue weighted by Gasteiger charge is -2.40. The highest BCUT2D eigenvalue weighted by Gasteiger charge is 2.44. The van der Waals surface area contributed by atoms with Gasteiger partial charge in [0.15, 0.2) is 0 Å². The van der Waals surface area contributed by atoms with Gasteiger partial charge in [-0.05, 0) is 30.9 Å². The maximum Gasteiger partial charge on any atom is 0.315 e. The Kier molecular flexibility index (Phi) is 8.04. The van der Waals surface area contributed by atoms with E-state index in [2.05, 4.69) is 22.9 Å². The molecule has 5 atom stereocenters. The van der Waals surface area contributed by atoms with Crippen LogP contribution in [0, 0.1) is 0 Å². The number of fused-ring (bicyclic) bond motifs is 1. The van der Waals surface area contributed by atoms with Gasteiger partial charge in [0, 0.05) is 24.2 Å². The van der Waals surface area contributed by atoms with E-state index in [9.17, 15) is 25.2 Å². The molecule has 2 aliphatic rings. The fraction of sp³-hybridized carbons (Fsp3) is 0.667. The third-order valence-corrected chi connectivity index (χ3v) is 5.89. The SMILES string of the molecule is CCCCCCNC(=O)NCc1ccc2c(c1)C(O)N(C1CCC(O)NC1O)C2O. The quantitative estimate of drug-likeness (QED) is 0.307. The number of rotatable bonds is 8. The first kappa shape index (κ1) is 22.9. The van der Waals surface area contributed by atoms with Gasteiger partial charge in [-0.25, -0.2) is 9.69 Å². The number of hydrogen-bond acceptors (Lipinski definition) is 7. The van der Waals surface area contributed by atoms with Gasteiger partial charge in [0.1, 0.15) is 24.9 Å². The Labute approximate surface area is 177 Å². The zero-order valence-corrected chi connectivity index (χ0v) is 17.4. The van der Waals surface area contributed by atoms with E-state index in [-0.39, 0.29) is 6.03 Å². The first-order valence-corrected chi connectivity index (χ1v) is 10.8.